The number of carboxylic acid groups (broad SMARTS) is 1. The van der Waals surface area contributed by atoms with Crippen LogP contribution in [0.4, 0.5) is 0 Å². The van der Waals surface area contributed by atoms with Crippen LogP contribution in [0.25, 0.3) is 0 Å². The number of ether oxygens (including phenoxy) is 1. The van der Waals surface area contributed by atoms with E-state index in [4.69, 9.17) is 5.11 Å². The van der Waals surface area contributed by atoms with Crippen molar-refractivity contribution in [2.45, 2.75) is 0 Å². The Balaban J connectivity index is -0.000000245. The molecule has 0 aromatic rings. The average Bonchev–Trinajstić information content (AvgIpc) is 1.61. The third kappa shape index (κ3) is 16.0. The fraction of sp³-hybridized carbons (Fsp3) is 0.250. The smallest absolute Gasteiger partial charge is 0.341 e. The molecule has 0 aliphatic heterocycles. The zero-order valence-corrected chi connectivity index (χ0v) is 13.4. The first-order valence-electron chi connectivity index (χ1n) is 1.83. The van der Waals surface area contributed by atoms with Gasteiger partial charge in [0, 0.05) is 62.2 Å². The van der Waals surface area contributed by atoms with Gasteiger partial charge in [-0.1, -0.05) is 0 Å². The average molecular weight is 593 g/mol. The second-order valence-electron chi connectivity index (χ2n) is 1.05. The van der Waals surface area contributed by atoms with Gasteiger partial charge in [-0.3, -0.25) is 11.7 Å². The van der Waals surface area contributed by atoms with Gasteiger partial charge in [-0.15, -0.1) is 0 Å². The summed E-state index contributed by atoms with van der Waals surface area (Å²) in [4.78, 5) is 19.4. The minimum Gasteiger partial charge on any atom is -0.479 e. The Labute approximate surface area is 106 Å². The second kappa shape index (κ2) is 9.91. The van der Waals surface area contributed by atoms with Gasteiger partial charge >= 0.3 is 5.97 Å². The van der Waals surface area contributed by atoms with Crippen molar-refractivity contribution in [2.24, 2.45) is 0 Å². The molecule has 0 spiro atoms. The van der Waals surface area contributed by atoms with Crippen molar-refractivity contribution < 1.29 is 81.7 Å². The number of carboxylic acids is 1. The number of hydrogen-bond donors (Lipinski definition) is 1. The minimum atomic E-state index is -1.18. The van der Waals surface area contributed by atoms with E-state index >= 15 is 0 Å². The molecule has 0 fully saturated rings. The molecule has 0 aromatic heterocycles. The Morgan fingerprint density at radius 2 is 1.80 bits per heavy atom. The van der Waals surface area contributed by atoms with E-state index in [-0.39, 0.29) is 62.2 Å². The van der Waals surface area contributed by atoms with E-state index in [0.717, 1.165) is 0 Å². The van der Waals surface area contributed by atoms with Crippen molar-refractivity contribution in [1.82, 2.24) is 0 Å². The predicted molar refractivity (Wildman–Crippen MR) is 24.0 cm³/mol. The van der Waals surface area contributed by atoms with Crippen molar-refractivity contribution in [3.63, 3.8) is 0 Å². The summed E-state index contributed by atoms with van der Waals surface area (Å²) in [5.41, 5.74) is 0. The molecule has 0 unspecified atom stereocenters. The van der Waals surface area contributed by atoms with Gasteiger partial charge in [0.1, 0.15) is 0 Å². The van der Waals surface area contributed by atoms with E-state index in [1.54, 1.807) is 0 Å². The monoisotopic (exact) mass is 593 g/mol. The van der Waals surface area contributed by atoms with Crippen molar-refractivity contribution in [3.8, 4) is 0 Å². The van der Waals surface area contributed by atoms with Crippen LogP contribution >= 0.6 is 0 Å². The summed E-state index contributed by atoms with van der Waals surface area (Å²) in [6.45, 7) is 2.18. The molecule has 0 aliphatic carbocycles. The van der Waals surface area contributed by atoms with E-state index in [1.807, 2.05) is 0 Å². The van der Waals surface area contributed by atoms with Gasteiger partial charge in [0.15, 0.2) is 12.6 Å². The number of carbonyl (C=O) groups excluding carboxylic acids is 1. The van der Waals surface area contributed by atoms with Gasteiger partial charge in [-0.25, -0.2) is 4.79 Å². The van der Waals surface area contributed by atoms with Crippen LogP contribution in [0.2, 0.25) is 0 Å². The Morgan fingerprint density at radius 1 is 1.40 bits per heavy atom. The van der Waals surface area contributed by atoms with Crippen molar-refractivity contribution in [2.75, 3.05) is 6.61 Å². The second-order valence-corrected chi connectivity index (χ2v) is 1.05. The number of rotatable bonds is 2. The third-order valence-electron chi connectivity index (χ3n) is 0.357. The first-order valence-corrected chi connectivity index (χ1v) is 1.83. The van der Waals surface area contributed by atoms with Crippen LogP contribution < -0.4 is 0 Å². The van der Waals surface area contributed by atoms with Crippen LogP contribution in [0.1, 0.15) is 0 Å². The number of hydrogen-bond acceptors (Lipinski definition) is 3. The van der Waals surface area contributed by atoms with Crippen LogP contribution in [0.5, 0.6) is 0 Å². The largest absolute Gasteiger partial charge is 0.479 e. The van der Waals surface area contributed by atoms with Crippen LogP contribution in [0.3, 0.4) is 0 Å². The van der Waals surface area contributed by atoms with Gasteiger partial charge in [0.25, 0.3) is 0 Å². The van der Waals surface area contributed by atoms with E-state index in [2.05, 4.69) is 11.7 Å². The molecule has 0 rings (SSSR count). The van der Waals surface area contributed by atoms with E-state index in [0.29, 0.717) is 0 Å². The molecular formula is C4H5O4U2-. The molecule has 54 valence electrons. The molecule has 4 nitrogen and oxygen atoms in total. The van der Waals surface area contributed by atoms with Crippen LogP contribution in [-0.2, 0) is 14.3 Å². The Bertz CT molecular complexity index is 99.8. The van der Waals surface area contributed by atoms with E-state index in [1.165, 1.54) is 0 Å². The van der Waals surface area contributed by atoms with Crippen molar-refractivity contribution >= 4 is 11.9 Å². The van der Waals surface area contributed by atoms with E-state index in [9.17, 15) is 9.59 Å². The standard InChI is InChI=1S/C4H5O4.2U/c1-3(5)8-2-4(6)7;;/h1-2H2,(H,6,7);;/q-1;;. The summed E-state index contributed by atoms with van der Waals surface area (Å²) in [5, 5.41) is 7.86. The molecule has 0 saturated carbocycles. The van der Waals surface area contributed by atoms with Crippen molar-refractivity contribution in [3.05, 3.63) is 6.92 Å². The molecule has 0 amide bonds. The van der Waals surface area contributed by atoms with Crippen LogP contribution in [-0.4, -0.2) is 23.7 Å². The molecule has 0 heterocycles. The summed E-state index contributed by atoms with van der Waals surface area (Å²) >= 11 is 0. The van der Waals surface area contributed by atoms with Gasteiger partial charge in [-0.05, 0) is 0 Å². The topological polar surface area (TPSA) is 63.6 Å². The normalized spacial score (nSPS) is 6.40. The molecule has 6 heteroatoms. The maximum absolute atomic E-state index is 9.75. The van der Waals surface area contributed by atoms with Crippen LogP contribution in [0.15, 0.2) is 0 Å². The Morgan fingerprint density at radius 3 is 1.90 bits per heavy atom. The summed E-state index contributed by atoms with van der Waals surface area (Å²) in [6, 6.07) is 0. The maximum Gasteiger partial charge on any atom is 0.341 e. The number of esters is 1. The zero-order valence-electron chi connectivity index (χ0n) is 5.09. The number of carbonyl (C=O) groups is 2. The molecule has 0 saturated heterocycles. The fourth-order valence-corrected chi connectivity index (χ4v) is 0.142. The summed E-state index contributed by atoms with van der Waals surface area (Å²) in [7, 11) is 0. The number of aliphatic carboxylic acids is 1. The molecule has 0 radical (unpaired) electrons. The molecule has 0 atom stereocenters. The SMILES string of the molecule is [CH2-]C(=O)OCC(=O)O.[U].[U]. The molecule has 0 aromatic carbocycles. The Kier molecular flexibility index (Phi) is 17.0. The maximum atomic E-state index is 9.75. The third-order valence-corrected chi connectivity index (χ3v) is 0.357. The van der Waals surface area contributed by atoms with Crippen LogP contribution in [0, 0.1) is 69.2 Å². The minimum absolute atomic E-state index is 0. The summed E-state index contributed by atoms with van der Waals surface area (Å²) in [5.74, 6) is -2.01. The zero-order chi connectivity index (χ0) is 6.57. The molecule has 0 bridgehead atoms. The molecule has 1 N–H and O–H groups in total. The van der Waals surface area contributed by atoms with Gasteiger partial charge in [-0.2, -0.15) is 0 Å². The first kappa shape index (κ1) is 17.1. The quantitative estimate of drug-likeness (QED) is 0.345. The molecule has 10 heavy (non-hydrogen) atoms. The van der Waals surface area contributed by atoms with Crippen molar-refractivity contribution in [1.29, 1.82) is 0 Å². The first-order chi connectivity index (χ1) is 3.63. The molecule has 0 aliphatic rings. The molecular weight excluding hydrogens is 588 g/mol. The fourth-order valence-electron chi connectivity index (χ4n) is 0.142. The van der Waals surface area contributed by atoms with E-state index < -0.39 is 18.5 Å². The van der Waals surface area contributed by atoms with Gasteiger partial charge < -0.3 is 9.84 Å². The Hall–Kier alpha value is 0.914. The van der Waals surface area contributed by atoms with Gasteiger partial charge in [0.2, 0.25) is 0 Å². The predicted octanol–water partition coefficient (Wildman–Crippen LogP) is -0.552. The summed E-state index contributed by atoms with van der Waals surface area (Å²) < 4.78 is 3.95. The summed E-state index contributed by atoms with van der Waals surface area (Å²) in [6.07, 6.45) is 0. The van der Waals surface area contributed by atoms with Gasteiger partial charge in [0.05, 0.1) is 0 Å².